The standard InChI is InChI=1S/C50H33N5/c1-4-13-34(14-5-1)36-22-26-39(27-23-36)47-52-48(40-28-24-37(25-29-40)35-15-6-2-7-16-35)54-49(53-47)41-30-31-42(38-17-8-3-9-18-38)46(33-41)55-45-21-11-10-19-43(45)44-20-12-32-51-50(44)55/h1-33H. The van der Waals surface area contributed by atoms with Crippen molar-refractivity contribution in [1.82, 2.24) is 24.5 Å². The minimum Gasteiger partial charge on any atom is -0.293 e. The van der Waals surface area contributed by atoms with Gasteiger partial charge in [0, 0.05) is 39.2 Å². The molecule has 0 amide bonds. The fourth-order valence-corrected chi connectivity index (χ4v) is 7.41. The first-order valence-electron chi connectivity index (χ1n) is 18.4. The Morgan fingerprint density at radius 3 is 1.35 bits per heavy atom. The van der Waals surface area contributed by atoms with Crippen LogP contribution in [0.25, 0.3) is 95.2 Å². The summed E-state index contributed by atoms with van der Waals surface area (Å²) in [6.07, 6.45) is 1.86. The van der Waals surface area contributed by atoms with Gasteiger partial charge < -0.3 is 0 Å². The number of hydrogen-bond acceptors (Lipinski definition) is 4. The number of pyridine rings is 1. The van der Waals surface area contributed by atoms with E-state index in [0.29, 0.717) is 17.5 Å². The van der Waals surface area contributed by atoms with Crippen LogP contribution in [0.2, 0.25) is 0 Å². The topological polar surface area (TPSA) is 56.5 Å². The van der Waals surface area contributed by atoms with Crippen LogP contribution < -0.4 is 0 Å². The largest absolute Gasteiger partial charge is 0.293 e. The maximum Gasteiger partial charge on any atom is 0.164 e. The summed E-state index contributed by atoms with van der Waals surface area (Å²) in [5, 5.41) is 2.25. The molecule has 0 N–H and O–H groups in total. The number of nitrogens with zero attached hydrogens (tertiary/aromatic N) is 5. The molecule has 3 heterocycles. The van der Waals surface area contributed by atoms with Crippen molar-refractivity contribution >= 4 is 21.9 Å². The number of para-hydroxylation sites is 1. The highest BCUT2D eigenvalue weighted by atomic mass is 15.1. The van der Waals surface area contributed by atoms with Crippen LogP contribution >= 0.6 is 0 Å². The summed E-state index contributed by atoms with van der Waals surface area (Å²) < 4.78 is 2.27. The molecular formula is C50H33N5. The zero-order valence-electron chi connectivity index (χ0n) is 29.8. The van der Waals surface area contributed by atoms with E-state index in [1.807, 2.05) is 30.5 Å². The van der Waals surface area contributed by atoms with Gasteiger partial charge in [-0.2, -0.15) is 0 Å². The molecule has 0 aliphatic carbocycles. The predicted molar refractivity (Wildman–Crippen MR) is 225 cm³/mol. The second-order valence-corrected chi connectivity index (χ2v) is 13.5. The van der Waals surface area contributed by atoms with E-state index in [1.165, 1.54) is 0 Å². The third-order valence-corrected chi connectivity index (χ3v) is 10.2. The van der Waals surface area contributed by atoms with E-state index < -0.39 is 0 Å². The molecule has 5 heteroatoms. The number of aromatic nitrogens is 5. The highest BCUT2D eigenvalue weighted by molar-refractivity contribution is 6.08. The summed E-state index contributed by atoms with van der Waals surface area (Å²) in [5.74, 6) is 1.81. The van der Waals surface area contributed by atoms with Crippen molar-refractivity contribution in [3.05, 3.63) is 200 Å². The van der Waals surface area contributed by atoms with Crippen LogP contribution in [0.3, 0.4) is 0 Å². The first-order chi connectivity index (χ1) is 27.3. The Balaban J connectivity index is 1.16. The van der Waals surface area contributed by atoms with Gasteiger partial charge in [-0.15, -0.1) is 0 Å². The third-order valence-electron chi connectivity index (χ3n) is 10.2. The molecular weight excluding hydrogens is 671 g/mol. The van der Waals surface area contributed by atoms with Crippen LogP contribution in [0.1, 0.15) is 0 Å². The van der Waals surface area contributed by atoms with E-state index in [-0.39, 0.29) is 0 Å². The van der Waals surface area contributed by atoms with Crippen molar-refractivity contribution in [3.8, 4) is 73.2 Å². The predicted octanol–water partition coefficient (Wildman–Crippen LogP) is 12.4. The molecule has 0 saturated carbocycles. The average molecular weight is 704 g/mol. The molecule has 0 spiro atoms. The van der Waals surface area contributed by atoms with Gasteiger partial charge in [0.2, 0.25) is 0 Å². The fourth-order valence-electron chi connectivity index (χ4n) is 7.41. The molecule has 0 aliphatic heterocycles. The van der Waals surface area contributed by atoms with E-state index in [9.17, 15) is 0 Å². The zero-order valence-corrected chi connectivity index (χ0v) is 29.8. The highest BCUT2D eigenvalue weighted by Gasteiger charge is 2.19. The minimum absolute atomic E-state index is 0.592. The van der Waals surface area contributed by atoms with Crippen LogP contribution in [-0.4, -0.2) is 24.5 Å². The highest BCUT2D eigenvalue weighted by Crippen LogP contribution is 2.38. The summed E-state index contributed by atoms with van der Waals surface area (Å²) in [6.45, 7) is 0. The summed E-state index contributed by atoms with van der Waals surface area (Å²) >= 11 is 0. The molecule has 7 aromatic carbocycles. The number of rotatable bonds is 7. The molecule has 0 saturated heterocycles. The second-order valence-electron chi connectivity index (χ2n) is 13.5. The quantitative estimate of drug-likeness (QED) is 0.166. The molecule has 10 rings (SSSR count). The number of fused-ring (bicyclic) bond motifs is 3. The maximum atomic E-state index is 5.17. The molecule has 10 aromatic rings. The molecule has 5 nitrogen and oxygen atoms in total. The molecule has 0 fully saturated rings. The summed E-state index contributed by atoms with van der Waals surface area (Å²) in [7, 11) is 0. The van der Waals surface area contributed by atoms with Crippen molar-refractivity contribution in [1.29, 1.82) is 0 Å². The molecule has 0 aliphatic rings. The van der Waals surface area contributed by atoms with E-state index in [2.05, 4.69) is 174 Å². The second kappa shape index (κ2) is 13.8. The van der Waals surface area contributed by atoms with Crippen molar-refractivity contribution in [3.63, 3.8) is 0 Å². The number of benzene rings is 7. The molecule has 0 bridgehead atoms. The van der Waals surface area contributed by atoms with Crippen LogP contribution in [0.5, 0.6) is 0 Å². The fraction of sp³-hybridized carbons (Fsp3) is 0. The summed E-state index contributed by atoms with van der Waals surface area (Å²) in [4.78, 5) is 20.3. The van der Waals surface area contributed by atoms with Gasteiger partial charge in [0.15, 0.2) is 17.5 Å². The number of hydrogen-bond donors (Lipinski definition) is 0. The van der Waals surface area contributed by atoms with Gasteiger partial charge in [0.25, 0.3) is 0 Å². The summed E-state index contributed by atoms with van der Waals surface area (Å²) in [6, 6.07) is 67.3. The van der Waals surface area contributed by atoms with Gasteiger partial charge in [-0.1, -0.05) is 170 Å². The lowest BCUT2D eigenvalue weighted by molar-refractivity contribution is 1.07. The Bertz CT molecular complexity index is 2780. The monoisotopic (exact) mass is 703 g/mol. The van der Waals surface area contributed by atoms with Crippen molar-refractivity contribution in [2.75, 3.05) is 0 Å². The minimum atomic E-state index is 0.592. The van der Waals surface area contributed by atoms with E-state index in [1.54, 1.807) is 0 Å². The molecule has 0 atom stereocenters. The van der Waals surface area contributed by atoms with Crippen molar-refractivity contribution in [2.45, 2.75) is 0 Å². The van der Waals surface area contributed by atoms with Crippen LogP contribution in [0.4, 0.5) is 0 Å². The lowest BCUT2D eigenvalue weighted by Gasteiger charge is -2.16. The van der Waals surface area contributed by atoms with E-state index in [4.69, 9.17) is 19.9 Å². The van der Waals surface area contributed by atoms with Gasteiger partial charge in [-0.05, 0) is 52.1 Å². The average Bonchev–Trinajstić information content (AvgIpc) is 3.61. The van der Waals surface area contributed by atoms with Crippen LogP contribution in [0, 0.1) is 0 Å². The molecule has 258 valence electrons. The molecule has 55 heavy (non-hydrogen) atoms. The van der Waals surface area contributed by atoms with Gasteiger partial charge in [0.05, 0.1) is 11.2 Å². The Morgan fingerprint density at radius 1 is 0.327 bits per heavy atom. The smallest absolute Gasteiger partial charge is 0.164 e. The first kappa shape index (κ1) is 32.2. The Labute approximate surface area is 318 Å². The maximum absolute atomic E-state index is 5.17. The third kappa shape index (κ3) is 6.04. The Morgan fingerprint density at radius 2 is 0.764 bits per heavy atom. The normalized spacial score (nSPS) is 11.3. The lowest BCUT2D eigenvalue weighted by atomic mass is 10.0. The SMILES string of the molecule is c1ccc(-c2ccc(-c3nc(-c4ccc(-c5ccccc5)cc4)nc(-c4ccc(-c5ccccc5)c(-n5c6ccccc6c6cccnc65)c4)n3)cc2)cc1. The summed E-state index contributed by atoms with van der Waals surface area (Å²) in [5.41, 5.74) is 12.5. The molecule has 0 unspecified atom stereocenters. The first-order valence-corrected chi connectivity index (χ1v) is 18.4. The Kier molecular flexibility index (Phi) is 8.08. The van der Waals surface area contributed by atoms with Gasteiger partial charge in [-0.3, -0.25) is 4.57 Å². The lowest BCUT2D eigenvalue weighted by Crippen LogP contribution is -2.02. The zero-order chi connectivity index (χ0) is 36.6. The van der Waals surface area contributed by atoms with E-state index in [0.717, 1.165) is 77.7 Å². The van der Waals surface area contributed by atoms with Crippen molar-refractivity contribution < 1.29 is 0 Å². The van der Waals surface area contributed by atoms with E-state index >= 15 is 0 Å². The van der Waals surface area contributed by atoms with Crippen LogP contribution in [0.15, 0.2) is 200 Å². The molecule has 3 aromatic heterocycles. The van der Waals surface area contributed by atoms with Gasteiger partial charge in [0.1, 0.15) is 5.65 Å². The van der Waals surface area contributed by atoms with Gasteiger partial charge >= 0.3 is 0 Å². The Hall–Kier alpha value is -7.50. The van der Waals surface area contributed by atoms with Crippen LogP contribution in [-0.2, 0) is 0 Å². The van der Waals surface area contributed by atoms with Crippen molar-refractivity contribution in [2.24, 2.45) is 0 Å². The molecule has 0 radical (unpaired) electrons. The van der Waals surface area contributed by atoms with Gasteiger partial charge in [-0.25, -0.2) is 19.9 Å².